The number of thiophene rings is 1. The highest BCUT2D eigenvalue weighted by Gasteiger charge is 1.93. The molecule has 1 aromatic carbocycles. The highest BCUT2D eigenvalue weighted by molar-refractivity contribution is 7.13. The molecule has 2 rings (SSSR count). The van der Waals surface area contributed by atoms with Gasteiger partial charge in [0.05, 0.1) is 2.74 Å². The summed E-state index contributed by atoms with van der Waals surface area (Å²) in [6.07, 6.45) is 0. The van der Waals surface area contributed by atoms with Gasteiger partial charge in [-0.3, -0.25) is 0 Å². The van der Waals surface area contributed by atoms with E-state index in [2.05, 4.69) is 0 Å². The van der Waals surface area contributed by atoms with Gasteiger partial charge in [-0.25, -0.2) is 0 Å². The third-order valence-corrected chi connectivity index (χ3v) is 2.30. The normalized spacial score (nSPS) is 12.4. The molecule has 54 valence electrons. The van der Waals surface area contributed by atoms with Crippen molar-refractivity contribution >= 4 is 11.3 Å². The van der Waals surface area contributed by atoms with E-state index in [-0.39, 0.29) is 0 Å². The topological polar surface area (TPSA) is 0 Å². The lowest BCUT2D eigenvalue weighted by molar-refractivity contribution is 1.70. The monoisotopic (exact) mass is 162 g/mol. The maximum atomic E-state index is 7.67. The summed E-state index contributed by atoms with van der Waals surface area (Å²) in [7, 11) is 0. The largest absolute Gasteiger partial charge is 0.144 e. The first-order valence-corrected chi connectivity index (χ1v) is 4.27. The van der Waals surface area contributed by atoms with Crippen LogP contribution >= 0.6 is 11.3 Å². The zero-order chi connectivity index (χ0) is 9.26. The van der Waals surface area contributed by atoms with Crippen LogP contribution < -0.4 is 0 Å². The number of hydrogen-bond donors (Lipinski definition) is 0. The van der Waals surface area contributed by atoms with Crippen LogP contribution in [0.3, 0.4) is 0 Å². The van der Waals surface area contributed by atoms with E-state index in [1.165, 1.54) is 0 Å². The van der Waals surface area contributed by atoms with Crippen LogP contribution in [0.1, 0.15) is 2.74 Å². The zero-order valence-corrected chi connectivity index (χ0v) is 6.69. The van der Waals surface area contributed by atoms with Crippen molar-refractivity contribution < 1.29 is 2.74 Å². The van der Waals surface area contributed by atoms with Crippen LogP contribution in [0, 0.1) is 0 Å². The van der Waals surface area contributed by atoms with Gasteiger partial charge in [0.15, 0.2) is 0 Å². The smallest absolute Gasteiger partial charge is 0.0630 e. The maximum absolute atomic E-state index is 7.67. The Morgan fingerprint density at radius 1 is 1.09 bits per heavy atom. The van der Waals surface area contributed by atoms with Crippen LogP contribution in [0.5, 0.6) is 0 Å². The second kappa shape index (κ2) is 2.89. The summed E-state index contributed by atoms with van der Waals surface area (Å²) >= 11 is 1.56. The first-order chi connectivity index (χ1) is 6.29. The van der Waals surface area contributed by atoms with E-state index in [0.717, 1.165) is 10.4 Å². The molecule has 0 fully saturated rings. The molecule has 0 aliphatic rings. The fourth-order valence-electron chi connectivity index (χ4n) is 0.916. The summed E-state index contributed by atoms with van der Waals surface area (Å²) in [4.78, 5) is 0.996. The van der Waals surface area contributed by atoms with E-state index >= 15 is 0 Å². The third kappa shape index (κ3) is 1.33. The van der Waals surface area contributed by atoms with Crippen LogP contribution in [0.4, 0.5) is 0 Å². The van der Waals surface area contributed by atoms with Gasteiger partial charge in [0.2, 0.25) is 0 Å². The van der Waals surface area contributed by atoms with E-state index in [0.29, 0.717) is 12.1 Å². The molecule has 1 heteroatoms. The summed E-state index contributed by atoms with van der Waals surface area (Å²) in [6.45, 7) is 0. The molecule has 0 N–H and O–H groups in total. The lowest BCUT2D eigenvalue weighted by Crippen LogP contribution is -1.67. The van der Waals surface area contributed by atoms with Crippen molar-refractivity contribution in [3.8, 4) is 10.4 Å². The third-order valence-electron chi connectivity index (χ3n) is 1.42. The Balaban J connectivity index is 2.64. The minimum Gasteiger partial charge on any atom is -0.144 e. The molecule has 0 unspecified atom stereocenters. The minimum absolute atomic E-state index is 0.426. The molecule has 11 heavy (non-hydrogen) atoms. The molecule has 1 heterocycles. The van der Waals surface area contributed by atoms with Gasteiger partial charge < -0.3 is 0 Å². The van der Waals surface area contributed by atoms with Gasteiger partial charge in [0.25, 0.3) is 0 Å². The lowest BCUT2D eigenvalue weighted by Gasteiger charge is -1.93. The standard InChI is InChI=1S/C10H8S/c1-2-5-9(6-3-1)10-7-4-8-11-10/h1-8H/i5D,6D. The second-order valence-electron chi connectivity index (χ2n) is 2.17. The summed E-state index contributed by atoms with van der Waals surface area (Å²) in [5, 5.41) is 1.96. The molecule has 0 saturated carbocycles. The van der Waals surface area contributed by atoms with E-state index in [1.54, 1.807) is 29.5 Å². The fourth-order valence-corrected chi connectivity index (χ4v) is 1.61. The Labute approximate surface area is 72.9 Å². The first kappa shape index (κ1) is 4.73. The fraction of sp³-hybridized carbons (Fsp3) is 0. The lowest BCUT2D eigenvalue weighted by atomic mass is 10.2. The molecule has 0 radical (unpaired) electrons. The maximum Gasteiger partial charge on any atom is 0.0630 e. The Kier molecular flexibility index (Phi) is 1.24. The van der Waals surface area contributed by atoms with Crippen molar-refractivity contribution in [2.75, 3.05) is 0 Å². The van der Waals surface area contributed by atoms with Crippen molar-refractivity contribution in [2.24, 2.45) is 0 Å². The predicted octanol–water partition coefficient (Wildman–Crippen LogP) is 3.42. The van der Waals surface area contributed by atoms with Gasteiger partial charge in [-0.2, -0.15) is 0 Å². The van der Waals surface area contributed by atoms with Gasteiger partial charge in [0, 0.05) is 4.88 Å². The van der Waals surface area contributed by atoms with Crippen molar-refractivity contribution in [3.63, 3.8) is 0 Å². The molecule has 0 amide bonds. The Bertz CT molecular complexity index is 387. The van der Waals surface area contributed by atoms with Crippen molar-refractivity contribution in [1.29, 1.82) is 0 Å². The molecule has 0 spiro atoms. The molecule has 0 atom stereocenters. The quantitative estimate of drug-likeness (QED) is 0.602. The van der Waals surface area contributed by atoms with Crippen LogP contribution in [0.25, 0.3) is 10.4 Å². The SMILES string of the molecule is [2H]c1cccc([2H])c1-c1cccs1. The molecule has 1 aromatic heterocycles. The summed E-state index contributed by atoms with van der Waals surface area (Å²) in [5.41, 5.74) is 0.734. The van der Waals surface area contributed by atoms with E-state index in [4.69, 9.17) is 2.74 Å². The van der Waals surface area contributed by atoms with Crippen molar-refractivity contribution in [2.45, 2.75) is 0 Å². The molecule has 0 bridgehead atoms. The Morgan fingerprint density at radius 3 is 2.55 bits per heavy atom. The van der Waals surface area contributed by atoms with Gasteiger partial charge in [0.1, 0.15) is 0 Å². The predicted molar refractivity (Wildman–Crippen MR) is 49.8 cm³/mol. The number of benzene rings is 1. The Hall–Kier alpha value is -1.08. The van der Waals surface area contributed by atoms with E-state index < -0.39 is 0 Å². The number of rotatable bonds is 1. The molecule has 0 aliphatic heterocycles. The second-order valence-corrected chi connectivity index (χ2v) is 3.11. The van der Waals surface area contributed by atoms with E-state index in [1.807, 2.05) is 17.5 Å². The van der Waals surface area contributed by atoms with Gasteiger partial charge in [-0.1, -0.05) is 36.4 Å². The average Bonchev–Trinajstić information content (AvgIpc) is 2.57. The van der Waals surface area contributed by atoms with Crippen LogP contribution in [-0.2, 0) is 0 Å². The first-order valence-electron chi connectivity index (χ1n) is 4.39. The summed E-state index contributed by atoms with van der Waals surface area (Å²) in [5.74, 6) is 0. The van der Waals surface area contributed by atoms with Gasteiger partial charge in [-0.05, 0) is 17.0 Å². The molecule has 2 aromatic rings. The molecule has 0 saturated heterocycles. The zero-order valence-electron chi connectivity index (χ0n) is 7.87. The van der Waals surface area contributed by atoms with Crippen molar-refractivity contribution in [1.82, 2.24) is 0 Å². The van der Waals surface area contributed by atoms with E-state index in [9.17, 15) is 0 Å². The van der Waals surface area contributed by atoms with Gasteiger partial charge in [-0.15, -0.1) is 11.3 Å². The van der Waals surface area contributed by atoms with Crippen LogP contribution in [0.15, 0.2) is 47.8 Å². The molecular formula is C10H8S. The highest BCUT2D eigenvalue weighted by atomic mass is 32.1. The van der Waals surface area contributed by atoms with Crippen molar-refractivity contribution in [3.05, 3.63) is 47.8 Å². The number of hydrogen-bond acceptors (Lipinski definition) is 1. The van der Waals surface area contributed by atoms with Gasteiger partial charge >= 0.3 is 0 Å². The highest BCUT2D eigenvalue weighted by Crippen LogP contribution is 2.23. The molecular weight excluding hydrogens is 152 g/mol. The molecule has 0 aliphatic carbocycles. The molecule has 0 nitrogen and oxygen atoms in total. The van der Waals surface area contributed by atoms with Crippen LogP contribution in [0.2, 0.25) is 0 Å². The Morgan fingerprint density at radius 2 is 1.91 bits per heavy atom. The summed E-state index contributed by atoms with van der Waals surface area (Å²) < 4.78 is 15.3. The summed E-state index contributed by atoms with van der Waals surface area (Å²) in [6, 6.07) is 9.90. The minimum atomic E-state index is 0.426. The average molecular weight is 162 g/mol. The van der Waals surface area contributed by atoms with Crippen LogP contribution in [-0.4, -0.2) is 0 Å².